The summed E-state index contributed by atoms with van der Waals surface area (Å²) in [5, 5.41) is 4.27. The highest BCUT2D eigenvalue weighted by atomic mass is 79.9. The van der Waals surface area contributed by atoms with Crippen LogP contribution in [0.1, 0.15) is 36.0 Å². The van der Waals surface area contributed by atoms with Crippen LogP contribution in [0.5, 0.6) is 0 Å². The third kappa shape index (κ3) is 2.98. The minimum atomic E-state index is 0.107. The Morgan fingerprint density at radius 2 is 2.24 bits per heavy atom. The molecule has 0 aromatic carbocycles. The molecule has 2 aromatic heterocycles. The molecule has 3 heterocycles. The van der Waals surface area contributed by atoms with Crippen molar-refractivity contribution in [3.05, 3.63) is 50.9 Å². The number of hydrogen-bond donors (Lipinski definition) is 1. The monoisotopic (exact) mass is 381 g/mol. The lowest BCUT2D eigenvalue weighted by atomic mass is 10.0. The molecule has 1 fully saturated rings. The molecule has 21 heavy (non-hydrogen) atoms. The number of rotatable bonds is 4. The highest BCUT2D eigenvalue weighted by molar-refractivity contribution is 9.11. The molecule has 1 aliphatic heterocycles. The Hall–Kier alpha value is -0.980. The fourth-order valence-electron chi connectivity index (χ4n) is 2.68. The third-order valence-corrected chi connectivity index (χ3v) is 5.59. The molecule has 1 saturated heterocycles. The normalized spacial score (nSPS) is 21.6. The molecular formula is C15H16BrN3S2. The van der Waals surface area contributed by atoms with E-state index in [-0.39, 0.29) is 12.1 Å². The average Bonchev–Trinajstić information content (AvgIpc) is 3.05. The number of nitrogens with one attached hydrogen (secondary N) is 1. The standard InChI is InChI=1S/C15H16BrN3S2/c1-2-9-19-14(11-6-7-12(16)21-11)13(18-15(19)20)10-5-3-4-8-17-10/h3-8,13-14H,2,9H2,1H3,(H,18,20)/t13-,14+/m1/s1. The predicted octanol–water partition coefficient (Wildman–Crippen LogP) is 4.29. The van der Waals surface area contributed by atoms with Crippen molar-refractivity contribution in [3.8, 4) is 0 Å². The lowest BCUT2D eigenvalue weighted by Gasteiger charge is -2.26. The van der Waals surface area contributed by atoms with Crippen LogP contribution in [0, 0.1) is 0 Å². The van der Waals surface area contributed by atoms with E-state index in [2.05, 4.69) is 56.3 Å². The molecule has 0 bridgehead atoms. The van der Waals surface area contributed by atoms with E-state index in [9.17, 15) is 0 Å². The zero-order valence-electron chi connectivity index (χ0n) is 11.6. The van der Waals surface area contributed by atoms with E-state index in [1.54, 1.807) is 11.3 Å². The van der Waals surface area contributed by atoms with E-state index < -0.39 is 0 Å². The fraction of sp³-hybridized carbons (Fsp3) is 0.333. The minimum Gasteiger partial charge on any atom is -0.352 e. The summed E-state index contributed by atoms with van der Waals surface area (Å²) in [6, 6.07) is 10.6. The summed E-state index contributed by atoms with van der Waals surface area (Å²) in [5.41, 5.74) is 1.04. The van der Waals surface area contributed by atoms with E-state index >= 15 is 0 Å². The highest BCUT2D eigenvalue weighted by Gasteiger charge is 2.39. The minimum absolute atomic E-state index is 0.107. The molecule has 2 atom stereocenters. The molecule has 6 heteroatoms. The maximum atomic E-state index is 5.55. The zero-order valence-corrected chi connectivity index (χ0v) is 14.8. The van der Waals surface area contributed by atoms with E-state index in [4.69, 9.17) is 12.2 Å². The van der Waals surface area contributed by atoms with Gasteiger partial charge < -0.3 is 10.2 Å². The van der Waals surface area contributed by atoms with Gasteiger partial charge in [0.15, 0.2) is 5.11 Å². The summed E-state index contributed by atoms with van der Waals surface area (Å²) in [5.74, 6) is 0. The van der Waals surface area contributed by atoms with Crippen LogP contribution >= 0.6 is 39.5 Å². The Morgan fingerprint density at radius 3 is 2.86 bits per heavy atom. The van der Waals surface area contributed by atoms with Gasteiger partial charge in [-0.2, -0.15) is 0 Å². The maximum Gasteiger partial charge on any atom is 0.170 e. The second-order valence-corrected chi connectivity index (χ2v) is 7.84. The largest absolute Gasteiger partial charge is 0.352 e. The van der Waals surface area contributed by atoms with Crippen molar-refractivity contribution in [1.29, 1.82) is 0 Å². The maximum absolute atomic E-state index is 5.55. The molecule has 110 valence electrons. The van der Waals surface area contributed by atoms with Gasteiger partial charge in [0.25, 0.3) is 0 Å². The van der Waals surface area contributed by atoms with Crippen LogP contribution < -0.4 is 5.32 Å². The fourth-order valence-corrected chi connectivity index (χ4v) is 4.59. The molecule has 0 spiro atoms. The predicted molar refractivity (Wildman–Crippen MR) is 94.5 cm³/mol. The van der Waals surface area contributed by atoms with Crippen LogP contribution in [-0.2, 0) is 0 Å². The second-order valence-electron chi connectivity index (χ2n) is 4.96. The number of thiocarbonyl (C=S) groups is 1. The van der Waals surface area contributed by atoms with Gasteiger partial charge in [0, 0.05) is 17.6 Å². The van der Waals surface area contributed by atoms with Gasteiger partial charge in [0.1, 0.15) is 0 Å². The van der Waals surface area contributed by atoms with Crippen LogP contribution in [0.2, 0.25) is 0 Å². The molecule has 0 radical (unpaired) electrons. The van der Waals surface area contributed by atoms with Gasteiger partial charge in [-0.3, -0.25) is 4.98 Å². The van der Waals surface area contributed by atoms with Crippen molar-refractivity contribution >= 4 is 44.6 Å². The van der Waals surface area contributed by atoms with E-state index in [0.717, 1.165) is 27.6 Å². The van der Waals surface area contributed by atoms with Gasteiger partial charge in [-0.15, -0.1) is 11.3 Å². The first-order chi connectivity index (χ1) is 10.2. The topological polar surface area (TPSA) is 28.2 Å². The number of pyridine rings is 1. The Morgan fingerprint density at radius 1 is 1.38 bits per heavy atom. The number of aromatic nitrogens is 1. The van der Waals surface area contributed by atoms with Gasteiger partial charge in [-0.25, -0.2) is 0 Å². The van der Waals surface area contributed by atoms with Gasteiger partial charge in [-0.1, -0.05) is 13.0 Å². The van der Waals surface area contributed by atoms with E-state index in [1.165, 1.54) is 4.88 Å². The third-order valence-electron chi connectivity index (χ3n) is 3.55. The summed E-state index contributed by atoms with van der Waals surface area (Å²) in [6.07, 6.45) is 2.91. The Bertz CT molecular complexity index is 629. The van der Waals surface area contributed by atoms with E-state index in [0.29, 0.717) is 0 Å². The molecule has 1 N–H and O–H groups in total. The Balaban J connectivity index is 2.00. The lowest BCUT2D eigenvalue weighted by Crippen LogP contribution is -2.29. The van der Waals surface area contributed by atoms with Crippen LogP contribution in [0.3, 0.4) is 0 Å². The first-order valence-electron chi connectivity index (χ1n) is 6.94. The molecule has 0 amide bonds. The van der Waals surface area contributed by atoms with Crippen LogP contribution in [0.25, 0.3) is 0 Å². The Labute approximate surface area is 142 Å². The number of hydrogen-bond acceptors (Lipinski definition) is 3. The molecule has 3 rings (SSSR count). The first kappa shape index (κ1) is 14.9. The molecule has 0 saturated carbocycles. The Kier molecular flexibility index (Phi) is 4.57. The quantitative estimate of drug-likeness (QED) is 0.799. The number of thiophene rings is 1. The molecule has 3 nitrogen and oxygen atoms in total. The summed E-state index contributed by atoms with van der Waals surface area (Å²) >= 11 is 10.9. The zero-order chi connectivity index (χ0) is 14.8. The summed E-state index contributed by atoms with van der Waals surface area (Å²) in [4.78, 5) is 8.11. The summed E-state index contributed by atoms with van der Waals surface area (Å²) in [6.45, 7) is 3.13. The SMILES string of the molecule is CCCN1C(=S)N[C@H](c2ccccn2)[C@@H]1c1ccc(Br)s1. The van der Waals surface area contributed by atoms with Gasteiger partial charge in [0.05, 0.1) is 21.6 Å². The van der Waals surface area contributed by atoms with Crippen molar-refractivity contribution in [1.82, 2.24) is 15.2 Å². The summed E-state index contributed by atoms with van der Waals surface area (Å²) < 4.78 is 1.14. The smallest absolute Gasteiger partial charge is 0.170 e. The first-order valence-corrected chi connectivity index (χ1v) is 8.95. The van der Waals surface area contributed by atoms with Crippen LogP contribution in [-0.4, -0.2) is 21.5 Å². The second kappa shape index (κ2) is 6.42. The van der Waals surface area contributed by atoms with Crippen molar-refractivity contribution < 1.29 is 0 Å². The number of nitrogens with zero attached hydrogens (tertiary/aromatic N) is 2. The highest BCUT2D eigenvalue weighted by Crippen LogP contribution is 2.42. The van der Waals surface area contributed by atoms with Crippen LogP contribution in [0.15, 0.2) is 40.3 Å². The lowest BCUT2D eigenvalue weighted by molar-refractivity contribution is 0.322. The van der Waals surface area contributed by atoms with Crippen molar-refractivity contribution in [2.75, 3.05) is 6.54 Å². The van der Waals surface area contributed by atoms with Crippen molar-refractivity contribution in [2.24, 2.45) is 0 Å². The molecular weight excluding hydrogens is 366 g/mol. The van der Waals surface area contributed by atoms with Gasteiger partial charge in [0.2, 0.25) is 0 Å². The van der Waals surface area contributed by atoms with Crippen LogP contribution in [0.4, 0.5) is 0 Å². The molecule has 0 aliphatic carbocycles. The van der Waals surface area contributed by atoms with Gasteiger partial charge in [-0.05, 0) is 58.8 Å². The summed E-state index contributed by atoms with van der Waals surface area (Å²) in [7, 11) is 0. The van der Waals surface area contributed by atoms with E-state index in [1.807, 2.05) is 18.3 Å². The van der Waals surface area contributed by atoms with Gasteiger partial charge >= 0.3 is 0 Å². The molecule has 1 aliphatic rings. The van der Waals surface area contributed by atoms with Crippen molar-refractivity contribution in [3.63, 3.8) is 0 Å². The number of halogens is 1. The average molecular weight is 382 g/mol. The van der Waals surface area contributed by atoms with Crippen molar-refractivity contribution in [2.45, 2.75) is 25.4 Å². The molecule has 0 unspecified atom stereocenters. The molecule has 2 aromatic rings.